The standard InChI is InChI=1S/C14H18ClN5S/c1-3-20(4-2)13-17-12(16)18-14(19-13)21-9-10-5-7-11(15)8-6-10/h5-8H,3-4,9H2,1-2H3,(H2,16,17,18,19). The Bertz CT molecular complexity index is 586. The summed E-state index contributed by atoms with van der Waals surface area (Å²) in [6.07, 6.45) is 0. The molecule has 21 heavy (non-hydrogen) atoms. The van der Waals surface area contributed by atoms with Crippen molar-refractivity contribution in [2.45, 2.75) is 24.8 Å². The van der Waals surface area contributed by atoms with Crippen molar-refractivity contribution < 1.29 is 0 Å². The number of nitrogen functional groups attached to an aromatic ring is 1. The van der Waals surface area contributed by atoms with Crippen LogP contribution in [0.15, 0.2) is 29.4 Å². The van der Waals surface area contributed by atoms with Crippen LogP contribution in [0.1, 0.15) is 19.4 Å². The molecule has 0 radical (unpaired) electrons. The highest BCUT2D eigenvalue weighted by molar-refractivity contribution is 7.98. The molecule has 1 heterocycles. The van der Waals surface area contributed by atoms with Crippen molar-refractivity contribution >= 4 is 35.3 Å². The molecule has 2 N–H and O–H groups in total. The minimum atomic E-state index is 0.255. The number of hydrogen-bond acceptors (Lipinski definition) is 6. The van der Waals surface area contributed by atoms with Gasteiger partial charge in [0.2, 0.25) is 11.9 Å². The zero-order valence-corrected chi connectivity index (χ0v) is 13.7. The number of rotatable bonds is 6. The van der Waals surface area contributed by atoms with Crippen LogP contribution in [0.4, 0.5) is 11.9 Å². The Labute approximate surface area is 133 Å². The lowest BCUT2D eigenvalue weighted by atomic mass is 10.2. The summed E-state index contributed by atoms with van der Waals surface area (Å²) in [4.78, 5) is 14.9. The molecule has 0 saturated carbocycles. The molecule has 0 spiro atoms. The summed E-state index contributed by atoms with van der Waals surface area (Å²) >= 11 is 7.41. The smallest absolute Gasteiger partial charge is 0.231 e. The Morgan fingerprint density at radius 2 is 1.76 bits per heavy atom. The molecule has 1 aromatic carbocycles. The van der Waals surface area contributed by atoms with Gasteiger partial charge in [-0.05, 0) is 31.5 Å². The van der Waals surface area contributed by atoms with Crippen LogP contribution in [0.3, 0.4) is 0 Å². The van der Waals surface area contributed by atoms with Gasteiger partial charge in [-0.2, -0.15) is 15.0 Å². The molecule has 7 heteroatoms. The summed E-state index contributed by atoms with van der Waals surface area (Å²) in [5.41, 5.74) is 6.94. The van der Waals surface area contributed by atoms with Gasteiger partial charge in [-0.15, -0.1) is 0 Å². The molecule has 0 atom stereocenters. The number of nitrogens with zero attached hydrogens (tertiary/aromatic N) is 4. The van der Waals surface area contributed by atoms with E-state index in [4.69, 9.17) is 17.3 Å². The molecule has 0 amide bonds. The molecule has 112 valence electrons. The normalized spacial score (nSPS) is 10.6. The van der Waals surface area contributed by atoms with Crippen LogP contribution in [-0.4, -0.2) is 28.0 Å². The summed E-state index contributed by atoms with van der Waals surface area (Å²) in [5, 5.41) is 1.37. The maximum Gasteiger partial charge on any atom is 0.231 e. The van der Waals surface area contributed by atoms with Crippen molar-refractivity contribution in [3.05, 3.63) is 34.9 Å². The second-order valence-corrected chi connectivity index (χ2v) is 5.74. The lowest BCUT2D eigenvalue weighted by Gasteiger charge is -2.18. The van der Waals surface area contributed by atoms with Gasteiger partial charge in [-0.25, -0.2) is 0 Å². The molecule has 0 aliphatic rings. The molecule has 1 aromatic heterocycles. The highest BCUT2D eigenvalue weighted by atomic mass is 35.5. The largest absolute Gasteiger partial charge is 0.368 e. The number of benzene rings is 1. The first-order chi connectivity index (χ1) is 10.1. The van der Waals surface area contributed by atoms with Gasteiger partial charge in [0.25, 0.3) is 0 Å². The molecule has 0 saturated heterocycles. The Kier molecular flexibility index (Phi) is 5.64. The van der Waals surface area contributed by atoms with E-state index in [2.05, 4.69) is 28.8 Å². The summed E-state index contributed by atoms with van der Waals surface area (Å²) in [5.74, 6) is 1.65. The van der Waals surface area contributed by atoms with Gasteiger partial charge in [0.15, 0.2) is 5.16 Å². The number of aromatic nitrogens is 3. The summed E-state index contributed by atoms with van der Waals surface area (Å²) in [6.45, 7) is 5.79. The highest BCUT2D eigenvalue weighted by Gasteiger charge is 2.10. The minimum Gasteiger partial charge on any atom is -0.368 e. The maximum atomic E-state index is 5.88. The fourth-order valence-electron chi connectivity index (χ4n) is 1.80. The van der Waals surface area contributed by atoms with E-state index in [-0.39, 0.29) is 5.95 Å². The molecule has 0 unspecified atom stereocenters. The quantitative estimate of drug-likeness (QED) is 0.823. The molecule has 0 aliphatic carbocycles. The van der Waals surface area contributed by atoms with Gasteiger partial charge in [-0.1, -0.05) is 35.5 Å². The molecular formula is C14H18ClN5S. The fourth-order valence-corrected chi connectivity index (χ4v) is 2.72. The van der Waals surface area contributed by atoms with E-state index in [1.807, 2.05) is 29.2 Å². The zero-order chi connectivity index (χ0) is 15.2. The Hall–Kier alpha value is -1.53. The van der Waals surface area contributed by atoms with E-state index < -0.39 is 0 Å². The van der Waals surface area contributed by atoms with Gasteiger partial charge in [0.05, 0.1) is 0 Å². The van der Waals surface area contributed by atoms with E-state index in [0.29, 0.717) is 11.1 Å². The van der Waals surface area contributed by atoms with E-state index in [1.54, 1.807) is 0 Å². The summed E-state index contributed by atoms with van der Waals surface area (Å²) in [7, 11) is 0. The number of anilines is 2. The zero-order valence-electron chi connectivity index (χ0n) is 12.1. The van der Waals surface area contributed by atoms with Gasteiger partial charge >= 0.3 is 0 Å². The second-order valence-electron chi connectivity index (χ2n) is 4.36. The Morgan fingerprint density at radius 1 is 1.10 bits per heavy atom. The van der Waals surface area contributed by atoms with Gasteiger partial charge < -0.3 is 10.6 Å². The van der Waals surface area contributed by atoms with Crippen LogP contribution in [0.25, 0.3) is 0 Å². The van der Waals surface area contributed by atoms with Crippen LogP contribution in [0.2, 0.25) is 5.02 Å². The maximum absolute atomic E-state index is 5.88. The van der Waals surface area contributed by atoms with Crippen LogP contribution in [0, 0.1) is 0 Å². The SMILES string of the molecule is CCN(CC)c1nc(N)nc(SCc2ccc(Cl)cc2)n1. The first-order valence-corrected chi connectivity index (χ1v) is 8.12. The van der Waals surface area contributed by atoms with Crippen molar-refractivity contribution in [3.63, 3.8) is 0 Å². The first kappa shape index (κ1) is 15.9. The van der Waals surface area contributed by atoms with E-state index in [9.17, 15) is 0 Å². The topological polar surface area (TPSA) is 67.9 Å². The third-order valence-corrected chi connectivity index (χ3v) is 4.12. The molecule has 0 fully saturated rings. The number of thioether (sulfide) groups is 1. The lowest BCUT2D eigenvalue weighted by Crippen LogP contribution is -2.25. The summed E-state index contributed by atoms with van der Waals surface area (Å²) in [6, 6.07) is 7.73. The molecule has 0 aliphatic heterocycles. The monoisotopic (exact) mass is 323 g/mol. The number of nitrogens with two attached hydrogens (primary N) is 1. The van der Waals surface area contributed by atoms with Crippen LogP contribution in [0.5, 0.6) is 0 Å². The van der Waals surface area contributed by atoms with Crippen molar-refractivity contribution in [2.75, 3.05) is 23.7 Å². The fraction of sp³-hybridized carbons (Fsp3) is 0.357. The average Bonchev–Trinajstić information content (AvgIpc) is 2.47. The van der Waals surface area contributed by atoms with Crippen LogP contribution >= 0.6 is 23.4 Å². The van der Waals surface area contributed by atoms with E-state index in [1.165, 1.54) is 11.8 Å². The predicted molar refractivity (Wildman–Crippen MR) is 88.8 cm³/mol. The molecule has 2 aromatic rings. The number of halogens is 1. The van der Waals surface area contributed by atoms with Gasteiger partial charge in [-0.3, -0.25) is 0 Å². The number of hydrogen-bond donors (Lipinski definition) is 1. The molecule has 0 bridgehead atoms. The average molecular weight is 324 g/mol. The second kappa shape index (κ2) is 7.47. The minimum absolute atomic E-state index is 0.255. The molecule has 5 nitrogen and oxygen atoms in total. The van der Waals surface area contributed by atoms with Crippen molar-refractivity contribution in [2.24, 2.45) is 0 Å². The molecular weight excluding hydrogens is 306 g/mol. The van der Waals surface area contributed by atoms with Crippen molar-refractivity contribution in [3.8, 4) is 0 Å². The highest BCUT2D eigenvalue weighted by Crippen LogP contribution is 2.22. The summed E-state index contributed by atoms with van der Waals surface area (Å²) < 4.78 is 0. The van der Waals surface area contributed by atoms with E-state index >= 15 is 0 Å². The lowest BCUT2D eigenvalue weighted by molar-refractivity contribution is 0.786. The predicted octanol–water partition coefficient (Wildman–Crippen LogP) is 3.25. The van der Waals surface area contributed by atoms with Crippen LogP contribution < -0.4 is 10.6 Å². The Balaban J connectivity index is 2.10. The van der Waals surface area contributed by atoms with Crippen molar-refractivity contribution in [1.82, 2.24) is 15.0 Å². The Morgan fingerprint density at radius 3 is 2.38 bits per heavy atom. The first-order valence-electron chi connectivity index (χ1n) is 6.76. The third-order valence-electron chi connectivity index (χ3n) is 2.95. The van der Waals surface area contributed by atoms with Crippen molar-refractivity contribution in [1.29, 1.82) is 0 Å². The van der Waals surface area contributed by atoms with Crippen LogP contribution in [-0.2, 0) is 5.75 Å². The molecule has 2 rings (SSSR count). The van der Waals surface area contributed by atoms with E-state index in [0.717, 1.165) is 29.4 Å². The third kappa shape index (κ3) is 4.47. The van der Waals surface area contributed by atoms with Gasteiger partial charge in [0.1, 0.15) is 0 Å². The van der Waals surface area contributed by atoms with Gasteiger partial charge in [0, 0.05) is 23.9 Å².